The molecule has 3 aromatic carbocycles. The average molecular weight is 375 g/mol. The Morgan fingerprint density at radius 3 is 2.32 bits per heavy atom. The molecule has 0 saturated heterocycles. The van der Waals surface area contributed by atoms with E-state index < -0.39 is 0 Å². The van der Waals surface area contributed by atoms with E-state index in [1.54, 1.807) is 14.2 Å². The number of nitrogens with one attached hydrogen (secondary N) is 1. The van der Waals surface area contributed by atoms with Crippen molar-refractivity contribution in [1.29, 1.82) is 0 Å². The SMILES string of the molecule is COc1ccc(NC(N)=NCc2cccc(-c3cccc(C)c3)c2)cc1OC. The largest absolute Gasteiger partial charge is 0.493 e. The van der Waals surface area contributed by atoms with Crippen molar-refractivity contribution in [3.05, 3.63) is 77.9 Å². The molecule has 0 aliphatic carbocycles. The van der Waals surface area contributed by atoms with Gasteiger partial charge in [-0.05, 0) is 41.8 Å². The van der Waals surface area contributed by atoms with Crippen molar-refractivity contribution >= 4 is 11.6 Å². The number of guanidine groups is 1. The van der Waals surface area contributed by atoms with Gasteiger partial charge in [0.25, 0.3) is 0 Å². The summed E-state index contributed by atoms with van der Waals surface area (Å²) >= 11 is 0. The summed E-state index contributed by atoms with van der Waals surface area (Å²) in [5.41, 5.74) is 11.5. The number of hydrogen-bond acceptors (Lipinski definition) is 3. The highest BCUT2D eigenvalue weighted by molar-refractivity contribution is 5.92. The lowest BCUT2D eigenvalue weighted by atomic mass is 10.0. The van der Waals surface area contributed by atoms with Gasteiger partial charge in [0.1, 0.15) is 0 Å². The highest BCUT2D eigenvalue weighted by atomic mass is 16.5. The highest BCUT2D eigenvalue weighted by Crippen LogP contribution is 2.29. The summed E-state index contributed by atoms with van der Waals surface area (Å²) < 4.78 is 10.5. The molecule has 0 radical (unpaired) electrons. The molecule has 3 aromatic rings. The number of rotatable bonds is 6. The predicted molar refractivity (Wildman–Crippen MR) is 115 cm³/mol. The Labute approximate surface area is 165 Å². The van der Waals surface area contributed by atoms with E-state index in [0.717, 1.165) is 11.3 Å². The standard InChI is InChI=1S/C23H25N3O2/c1-16-6-4-8-18(12-16)19-9-5-7-17(13-19)15-25-23(24)26-20-10-11-21(27-2)22(14-20)28-3/h4-14H,15H2,1-3H3,(H3,24,25,26). The van der Waals surface area contributed by atoms with Crippen molar-refractivity contribution in [3.63, 3.8) is 0 Å². The van der Waals surface area contributed by atoms with E-state index >= 15 is 0 Å². The number of anilines is 1. The molecule has 0 heterocycles. The third-order valence-corrected chi connectivity index (χ3v) is 4.37. The summed E-state index contributed by atoms with van der Waals surface area (Å²) in [5.74, 6) is 1.64. The number of nitrogens with zero attached hydrogens (tertiary/aromatic N) is 1. The first-order valence-electron chi connectivity index (χ1n) is 9.04. The van der Waals surface area contributed by atoms with Crippen LogP contribution in [0.5, 0.6) is 11.5 Å². The summed E-state index contributed by atoms with van der Waals surface area (Å²) in [5, 5.41) is 3.08. The summed E-state index contributed by atoms with van der Waals surface area (Å²) in [7, 11) is 3.20. The fraction of sp³-hybridized carbons (Fsp3) is 0.174. The van der Waals surface area contributed by atoms with Crippen molar-refractivity contribution in [3.8, 4) is 22.6 Å². The van der Waals surface area contributed by atoms with Gasteiger partial charge < -0.3 is 20.5 Å². The Morgan fingerprint density at radius 1 is 0.893 bits per heavy atom. The van der Waals surface area contributed by atoms with Gasteiger partial charge in [0.2, 0.25) is 0 Å². The molecule has 0 bridgehead atoms. The third kappa shape index (κ3) is 4.82. The van der Waals surface area contributed by atoms with E-state index in [1.807, 2.05) is 30.3 Å². The summed E-state index contributed by atoms with van der Waals surface area (Å²) in [4.78, 5) is 4.45. The molecule has 0 unspecified atom stereocenters. The fourth-order valence-electron chi connectivity index (χ4n) is 2.95. The van der Waals surface area contributed by atoms with Crippen molar-refractivity contribution in [2.24, 2.45) is 10.7 Å². The van der Waals surface area contributed by atoms with Crippen molar-refractivity contribution < 1.29 is 9.47 Å². The van der Waals surface area contributed by atoms with Crippen molar-refractivity contribution in [2.45, 2.75) is 13.5 Å². The van der Waals surface area contributed by atoms with Crippen molar-refractivity contribution in [2.75, 3.05) is 19.5 Å². The van der Waals surface area contributed by atoms with Crippen LogP contribution in [0, 0.1) is 6.92 Å². The Morgan fingerprint density at radius 2 is 1.61 bits per heavy atom. The van der Waals surface area contributed by atoms with Crippen LogP contribution in [-0.4, -0.2) is 20.2 Å². The van der Waals surface area contributed by atoms with E-state index in [2.05, 4.69) is 53.6 Å². The molecule has 0 aliphatic heterocycles. The van der Waals surface area contributed by atoms with Gasteiger partial charge in [-0.2, -0.15) is 0 Å². The second-order valence-electron chi connectivity index (χ2n) is 6.47. The topological polar surface area (TPSA) is 68.9 Å². The molecule has 0 aromatic heterocycles. The second kappa shape index (κ2) is 8.95. The molecule has 3 rings (SSSR count). The van der Waals surface area contributed by atoms with Gasteiger partial charge in [0.05, 0.1) is 20.8 Å². The van der Waals surface area contributed by atoms with Crippen LogP contribution in [0.15, 0.2) is 71.7 Å². The maximum Gasteiger partial charge on any atom is 0.193 e. The van der Waals surface area contributed by atoms with E-state index in [-0.39, 0.29) is 0 Å². The molecule has 144 valence electrons. The molecule has 0 atom stereocenters. The van der Waals surface area contributed by atoms with Crippen LogP contribution in [0.1, 0.15) is 11.1 Å². The van der Waals surface area contributed by atoms with E-state index in [9.17, 15) is 0 Å². The molecule has 0 amide bonds. The molecule has 0 fully saturated rings. The van der Waals surface area contributed by atoms with Crippen LogP contribution in [-0.2, 0) is 6.54 Å². The normalized spacial score (nSPS) is 11.2. The number of aliphatic imine (C=N–C) groups is 1. The van der Waals surface area contributed by atoms with Gasteiger partial charge in [-0.1, -0.05) is 48.0 Å². The Balaban J connectivity index is 1.70. The number of benzene rings is 3. The number of ether oxygens (including phenoxy) is 2. The molecule has 0 spiro atoms. The van der Waals surface area contributed by atoms with Gasteiger partial charge in [-0.15, -0.1) is 0 Å². The highest BCUT2D eigenvalue weighted by Gasteiger charge is 2.05. The number of methoxy groups -OCH3 is 2. The Kier molecular flexibility index (Phi) is 6.17. The zero-order chi connectivity index (χ0) is 19.9. The van der Waals surface area contributed by atoms with Crippen LogP contribution >= 0.6 is 0 Å². The number of nitrogens with two attached hydrogens (primary N) is 1. The molecular weight excluding hydrogens is 350 g/mol. The molecule has 0 aliphatic rings. The van der Waals surface area contributed by atoms with E-state index in [4.69, 9.17) is 15.2 Å². The summed E-state index contributed by atoms with van der Waals surface area (Å²) in [6.45, 7) is 2.59. The zero-order valence-electron chi connectivity index (χ0n) is 16.4. The quantitative estimate of drug-likeness (QED) is 0.488. The fourth-order valence-corrected chi connectivity index (χ4v) is 2.95. The zero-order valence-corrected chi connectivity index (χ0v) is 16.4. The molecule has 28 heavy (non-hydrogen) atoms. The van der Waals surface area contributed by atoms with Gasteiger partial charge in [-0.3, -0.25) is 0 Å². The number of aryl methyl sites for hydroxylation is 1. The summed E-state index contributed by atoms with van der Waals surface area (Å²) in [6.07, 6.45) is 0. The second-order valence-corrected chi connectivity index (χ2v) is 6.47. The van der Waals surface area contributed by atoms with E-state index in [1.165, 1.54) is 16.7 Å². The molecule has 0 saturated carbocycles. The van der Waals surface area contributed by atoms with Crippen LogP contribution in [0.4, 0.5) is 5.69 Å². The number of hydrogen-bond donors (Lipinski definition) is 2. The van der Waals surface area contributed by atoms with Gasteiger partial charge >= 0.3 is 0 Å². The van der Waals surface area contributed by atoms with Crippen LogP contribution in [0.3, 0.4) is 0 Å². The molecule has 5 heteroatoms. The van der Waals surface area contributed by atoms with Crippen LogP contribution in [0.2, 0.25) is 0 Å². The lowest BCUT2D eigenvalue weighted by Crippen LogP contribution is -2.22. The van der Waals surface area contributed by atoms with Crippen LogP contribution < -0.4 is 20.5 Å². The Hall–Kier alpha value is -3.47. The minimum Gasteiger partial charge on any atom is -0.493 e. The molecular formula is C23H25N3O2. The van der Waals surface area contributed by atoms with Gasteiger partial charge in [0.15, 0.2) is 17.5 Å². The minimum absolute atomic E-state index is 0.341. The third-order valence-electron chi connectivity index (χ3n) is 4.37. The lowest BCUT2D eigenvalue weighted by Gasteiger charge is -2.11. The maximum absolute atomic E-state index is 6.05. The van der Waals surface area contributed by atoms with Gasteiger partial charge in [0, 0.05) is 11.8 Å². The molecule has 3 N–H and O–H groups in total. The summed E-state index contributed by atoms with van der Waals surface area (Å²) in [6, 6.07) is 22.3. The van der Waals surface area contributed by atoms with E-state index in [0.29, 0.717) is 24.0 Å². The maximum atomic E-state index is 6.05. The molecule has 5 nitrogen and oxygen atoms in total. The first-order chi connectivity index (χ1) is 13.6. The lowest BCUT2D eigenvalue weighted by molar-refractivity contribution is 0.355. The smallest absolute Gasteiger partial charge is 0.193 e. The van der Waals surface area contributed by atoms with Gasteiger partial charge in [-0.25, -0.2) is 4.99 Å². The first kappa shape index (κ1) is 19.3. The predicted octanol–water partition coefficient (Wildman–Crippen LogP) is 4.61. The average Bonchev–Trinajstić information content (AvgIpc) is 2.72. The first-order valence-corrected chi connectivity index (χ1v) is 9.04. The van der Waals surface area contributed by atoms with Crippen molar-refractivity contribution in [1.82, 2.24) is 0 Å². The minimum atomic E-state index is 0.341. The monoisotopic (exact) mass is 375 g/mol. The van der Waals surface area contributed by atoms with Crippen LogP contribution in [0.25, 0.3) is 11.1 Å². The Bertz CT molecular complexity index is 983.